The van der Waals surface area contributed by atoms with Gasteiger partial charge in [-0.1, -0.05) is 34.1 Å². The molecule has 0 aliphatic carbocycles. The van der Waals surface area contributed by atoms with Crippen LogP contribution in [0, 0.1) is 10.8 Å². The van der Waals surface area contributed by atoms with Gasteiger partial charge in [0, 0.05) is 10.8 Å². The molecule has 8 heteroatoms. The third-order valence-corrected chi connectivity index (χ3v) is 5.07. The molecular weight excluding hydrogens is 300 g/mol. The number of hydrogen-bond donors (Lipinski definition) is 0. The van der Waals surface area contributed by atoms with Gasteiger partial charge in [-0.3, -0.25) is 0 Å². The van der Waals surface area contributed by atoms with Gasteiger partial charge >= 0.3 is 5.25 Å². The van der Waals surface area contributed by atoms with Crippen molar-refractivity contribution in [2.75, 3.05) is 0 Å². The lowest BCUT2D eigenvalue weighted by molar-refractivity contribution is -0.0964. The molecule has 0 aromatic rings. The van der Waals surface area contributed by atoms with Crippen LogP contribution in [0.2, 0.25) is 0 Å². The van der Waals surface area contributed by atoms with Crippen molar-refractivity contribution in [2.24, 2.45) is 10.8 Å². The minimum atomic E-state index is -5.79. The van der Waals surface area contributed by atoms with Gasteiger partial charge in [0.15, 0.2) is 10.1 Å². The third-order valence-electron chi connectivity index (χ3n) is 3.89. The monoisotopic (exact) mass is 321 g/mol. The second-order valence-electron chi connectivity index (χ2n) is 6.48. The maximum atomic E-state index is 13.5. The fourth-order valence-electron chi connectivity index (χ4n) is 1.68. The summed E-state index contributed by atoms with van der Waals surface area (Å²) in [5.41, 5.74) is -3.50. The van der Waals surface area contributed by atoms with Crippen LogP contribution in [-0.4, -0.2) is 24.1 Å². The van der Waals surface area contributed by atoms with E-state index in [0.717, 1.165) is 20.8 Å². The van der Waals surface area contributed by atoms with Crippen LogP contribution in [0.3, 0.4) is 0 Å². The lowest BCUT2D eigenvalue weighted by Crippen LogP contribution is -2.43. The highest BCUT2D eigenvalue weighted by atomic mass is 32.2. The Morgan fingerprint density at radius 3 is 1.50 bits per heavy atom. The Morgan fingerprint density at radius 2 is 1.20 bits per heavy atom. The molecule has 0 unspecified atom stereocenters. The van der Waals surface area contributed by atoms with Crippen LogP contribution in [0.5, 0.6) is 0 Å². The van der Waals surface area contributed by atoms with Gasteiger partial charge < -0.3 is 4.55 Å². The number of halogens is 4. The zero-order valence-corrected chi connectivity index (χ0v) is 13.1. The van der Waals surface area contributed by atoms with Gasteiger partial charge in [-0.05, 0) is 19.8 Å². The van der Waals surface area contributed by atoms with E-state index in [1.165, 1.54) is 13.8 Å². The Morgan fingerprint density at radius 1 is 0.850 bits per heavy atom. The third kappa shape index (κ3) is 4.07. The molecule has 0 rings (SSSR count). The van der Waals surface area contributed by atoms with Crippen molar-refractivity contribution in [3.63, 3.8) is 0 Å². The molecule has 0 fully saturated rings. The standard InChI is InChI=1S/C12H22F4O3S/c1-9(2,11(5,13)14)7-6-8-10(3,4)12(15,16)20(17,18)19/h6-8H2,1-5H3,(H,17,18,19)/p-1. The SMILES string of the molecule is CC(F)(F)C(C)(C)CCCC(C)(C)C(F)(F)S(=O)(=O)[O-]. The van der Waals surface area contributed by atoms with Crippen LogP contribution in [0.25, 0.3) is 0 Å². The van der Waals surface area contributed by atoms with E-state index in [2.05, 4.69) is 0 Å². The van der Waals surface area contributed by atoms with E-state index in [9.17, 15) is 30.5 Å². The van der Waals surface area contributed by atoms with Gasteiger partial charge in [-0.15, -0.1) is 0 Å². The highest BCUT2D eigenvalue weighted by molar-refractivity contribution is 7.86. The van der Waals surface area contributed by atoms with E-state index in [1.807, 2.05) is 0 Å². The predicted molar refractivity (Wildman–Crippen MR) is 66.7 cm³/mol. The largest absolute Gasteiger partial charge is 0.743 e. The Kier molecular flexibility index (Phi) is 5.34. The zero-order valence-electron chi connectivity index (χ0n) is 12.3. The van der Waals surface area contributed by atoms with E-state index >= 15 is 0 Å². The summed E-state index contributed by atoms with van der Waals surface area (Å²) in [6.07, 6.45) is -0.440. The molecule has 20 heavy (non-hydrogen) atoms. The van der Waals surface area contributed by atoms with Crippen LogP contribution in [0.4, 0.5) is 17.6 Å². The number of rotatable bonds is 7. The molecule has 0 radical (unpaired) electrons. The van der Waals surface area contributed by atoms with Gasteiger partial charge in [0.05, 0.1) is 0 Å². The van der Waals surface area contributed by atoms with Gasteiger partial charge in [-0.25, -0.2) is 17.2 Å². The van der Waals surface area contributed by atoms with Gasteiger partial charge in [-0.2, -0.15) is 8.78 Å². The van der Waals surface area contributed by atoms with Crippen molar-refractivity contribution in [2.45, 2.75) is 65.1 Å². The first-order valence-corrected chi connectivity index (χ1v) is 7.58. The molecule has 0 aromatic carbocycles. The molecule has 0 amide bonds. The highest BCUT2D eigenvalue weighted by Gasteiger charge is 2.52. The molecule has 0 saturated carbocycles. The fourth-order valence-corrected chi connectivity index (χ4v) is 2.45. The normalized spacial score (nSPS) is 15.5. The average Bonchev–Trinajstić information content (AvgIpc) is 2.12. The highest BCUT2D eigenvalue weighted by Crippen LogP contribution is 2.46. The average molecular weight is 321 g/mol. The van der Waals surface area contributed by atoms with Crippen molar-refractivity contribution < 1.29 is 30.5 Å². The minimum absolute atomic E-state index is 0.0332. The molecule has 0 saturated heterocycles. The van der Waals surface area contributed by atoms with E-state index in [1.54, 1.807) is 0 Å². The Hall–Kier alpha value is -0.370. The summed E-state index contributed by atoms with van der Waals surface area (Å²) in [5, 5.41) is -4.43. The molecule has 0 N–H and O–H groups in total. The van der Waals surface area contributed by atoms with Gasteiger partial charge in [0.2, 0.25) is 5.92 Å². The molecule has 122 valence electrons. The summed E-state index contributed by atoms with van der Waals surface area (Å²) in [7, 11) is -5.79. The van der Waals surface area contributed by atoms with Crippen molar-refractivity contribution in [1.82, 2.24) is 0 Å². The molecule has 0 spiro atoms. The molecule has 0 heterocycles. The quantitative estimate of drug-likeness (QED) is 0.526. The second kappa shape index (κ2) is 5.44. The lowest BCUT2D eigenvalue weighted by Gasteiger charge is -2.37. The van der Waals surface area contributed by atoms with Gasteiger partial charge in [0.25, 0.3) is 0 Å². The molecule has 0 atom stereocenters. The van der Waals surface area contributed by atoms with E-state index in [0.29, 0.717) is 0 Å². The summed E-state index contributed by atoms with van der Waals surface area (Å²) in [6, 6.07) is 0. The van der Waals surface area contributed by atoms with Crippen LogP contribution < -0.4 is 0 Å². The maximum absolute atomic E-state index is 13.5. The van der Waals surface area contributed by atoms with Crippen LogP contribution in [0.1, 0.15) is 53.9 Å². The van der Waals surface area contributed by atoms with E-state index < -0.39 is 32.1 Å². The first kappa shape index (κ1) is 19.6. The lowest BCUT2D eigenvalue weighted by atomic mass is 9.78. The fraction of sp³-hybridized carbons (Fsp3) is 1.00. The predicted octanol–water partition coefficient (Wildman–Crippen LogP) is 4.00. The first-order chi connectivity index (χ1) is 8.46. The van der Waals surface area contributed by atoms with Crippen LogP contribution >= 0.6 is 0 Å². The van der Waals surface area contributed by atoms with Crippen molar-refractivity contribution in [3.05, 3.63) is 0 Å². The number of alkyl halides is 4. The second-order valence-corrected chi connectivity index (χ2v) is 7.90. The smallest absolute Gasteiger partial charge is 0.339 e. The Balaban J connectivity index is 4.85. The van der Waals surface area contributed by atoms with Crippen LogP contribution in [0.15, 0.2) is 0 Å². The molecule has 0 aliphatic rings. The molecule has 0 aliphatic heterocycles. The Bertz CT molecular complexity index is 436. The molecular formula is C12H21F4O3S-. The zero-order chi connectivity index (χ0) is 16.6. The summed E-state index contributed by atoms with van der Waals surface area (Å²) in [4.78, 5) is 0. The minimum Gasteiger partial charge on any atom is -0.743 e. The topological polar surface area (TPSA) is 57.2 Å². The summed E-state index contributed by atoms with van der Waals surface area (Å²) in [5.74, 6) is -2.98. The Labute approximate surface area is 117 Å². The van der Waals surface area contributed by atoms with Crippen molar-refractivity contribution in [1.29, 1.82) is 0 Å². The number of hydrogen-bond acceptors (Lipinski definition) is 3. The molecule has 0 bridgehead atoms. The van der Waals surface area contributed by atoms with Gasteiger partial charge in [0.1, 0.15) is 0 Å². The van der Waals surface area contributed by atoms with E-state index in [-0.39, 0.29) is 19.3 Å². The van der Waals surface area contributed by atoms with Crippen molar-refractivity contribution >= 4 is 10.1 Å². The maximum Gasteiger partial charge on any atom is 0.339 e. The molecule has 0 aromatic heterocycles. The molecule has 3 nitrogen and oxygen atoms in total. The van der Waals surface area contributed by atoms with Crippen molar-refractivity contribution in [3.8, 4) is 0 Å². The van der Waals surface area contributed by atoms with Crippen LogP contribution in [-0.2, 0) is 10.1 Å². The first-order valence-electron chi connectivity index (χ1n) is 6.17. The summed E-state index contributed by atoms with van der Waals surface area (Å²) < 4.78 is 85.3. The van der Waals surface area contributed by atoms with E-state index in [4.69, 9.17) is 0 Å². The summed E-state index contributed by atoms with van der Waals surface area (Å²) >= 11 is 0. The summed E-state index contributed by atoms with van der Waals surface area (Å²) in [6.45, 7) is 5.25.